The van der Waals surface area contributed by atoms with Gasteiger partial charge in [-0.05, 0) is 125 Å². The Morgan fingerprint density at radius 1 is 0.646 bits per heavy atom. The van der Waals surface area contributed by atoms with Crippen LogP contribution in [-0.2, 0) is 0 Å². The molecule has 0 fully saturated rings. The van der Waals surface area contributed by atoms with Gasteiger partial charge in [0.05, 0.1) is 11.4 Å². The molecule has 2 heteroatoms. The van der Waals surface area contributed by atoms with Crippen LogP contribution in [0.4, 0.5) is 0 Å². The van der Waals surface area contributed by atoms with E-state index in [-0.39, 0.29) is 11.8 Å². The average molecular weight is 841 g/mol. The van der Waals surface area contributed by atoms with E-state index in [1.807, 2.05) is 18.3 Å². The molecule has 0 spiro atoms. The number of pyridine rings is 1. The third-order valence-corrected chi connectivity index (χ3v) is 13.1. The predicted octanol–water partition coefficient (Wildman–Crippen LogP) is 16.8. The molecule has 0 aliphatic heterocycles. The molecule has 0 radical (unpaired) electrons. The van der Waals surface area contributed by atoms with Crippen LogP contribution in [0.2, 0.25) is 0 Å². The smallest absolute Gasteiger partial charge is 0.0777 e. The minimum atomic E-state index is 0.261. The van der Waals surface area contributed by atoms with Gasteiger partial charge in [0.15, 0.2) is 0 Å². The first kappa shape index (κ1) is 42.9. The molecule has 65 heavy (non-hydrogen) atoms. The molecule has 0 N–H and O–H groups in total. The van der Waals surface area contributed by atoms with Crippen molar-refractivity contribution in [3.05, 3.63) is 265 Å². The first-order valence-electron chi connectivity index (χ1n) is 23.1. The van der Waals surface area contributed by atoms with Crippen molar-refractivity contribution in [2.45, 2.75) is 51.4 Å². The lowest BCUT2D eigenvalue weighted by molar-refractivity contribution is 0.563. The van der Waals surface area contributed by atoms with Gasteiger partial charge in [0.25, 0.3) is 0 Å². The third kappa shape index (κ3) is 10.2. The van der Waals surface area contributed by atoms with Crippen LogP contribution < -0.4 is 0 Å². The van der Waals surface area contributed by atoms with Crippen LogP contribution >= 0.6 is 0 Å². The Morgan fingerprint density at radius 2 is 1.29 bits per heavy atom. The van der Waals surface area contributed by atoms with Crippen molar-refractivity contribution in [3.8, 4) is 33.5 Å². The fourth-order valence-electron chi connectivity index (χ4n) is 9.43. The minimum Gasteiger partial charge on any atom is -0.257 e. The van der Waals surface area contributed by atoms with Crippen LogP contribution in [0, 0.1) is 5.92 Å². The van der Waals surface area contributed by atoms with Gasteiger partial charge in [-0.25, -0.2) is 0 Å². The molecule has 0 saturated heterocycles. The van der Waals surface area contributed by atoms with Crippen LogP contribution in [0.25, 0.3) is 50.4 Å². The topological polar surface area (TPSA) is 25.2 Å². The summed E-state index contributed by atoms with van der Waals surface area (Å²) in [5.74, 6) is 0.535. The molecule has 2 atom stereocenters. The number of allylic oxidation sites excluding steroid dienone is 15. The van der Waals surface area contributed by atoms with Gasteiger partial charge in [-0.2, -0.15) is 0 Å². The van der Waals surface area contributed by atoms with Crippen LogP contribution in [0.3, 0.4) is 0 Å². The van der Waals surface area contributed by atoms with E-state index in [0.717, 1.165) is 83.5 Å². The van der Waals surface area contributed by atoms with E-state index in [2.05, 4.69) is 214 Å². The summed E-state index contributed by atoms with van der Waals surface area (Å²) in [5.41, 5.74) is 19.8. The normalized spacial score (nSPS) is 17.8. The Bertz CT molecular complexity index is 2930. The minimum absolute atomic E-state index is 0.261. The van der Waals surface area contributed by atoms with Crippen molar-refractivity contribution in [1.82, 2.24) is 4.98 Å². The molecule has 9 rings (SSSR count). The molecule has 1 heterocycles. The molecule has 0 amide bonds. The second-order valence-corrected chi connectivity index (χ2v) is 17.3. The number of rotatable bonds is 13. The summed E-state index contributed by atoms with van der Waals surface area (Å²) < 4.78 is 0. The monoisotopic (exact) mass is 840 g/mol. The summed E-state index contributed by atoms with van der Waals surface area (Å²) >= 11 is 0. The number of aromatic nitrogens is 1. The zero-order chi connectivity index (χ0) is 44.4. The van der Waals surface area contributed by atoms with Crippen molar-refractivity contribution in [3.63, 3.8) is 0 Å². The van der Waals surface area contributed by atoms with E-state index in [4.69, 9.17) is 9.98 Å². The van der Waals surface area contributed by atoms with Gasteiger partial charge in [-0.15, -0.1) is 0 Å². The summed E-state index contributed by atoms with van der Waals surface area (Å²) in [6.45, 7) is 10.9. The molecule has 2 nitrogen and oxygen atoms in total. The van der Waals surface area contributed by atoms with E-state index < -0.39 is 0 Å². The standard InChI is InChI=1S/C63H56N2/c1-4-17-60(53-35-29-50(30-36-53)47-18-8-5-9-19-47)45(2)42-62(55-39-33-52(34-40-55)49-22-12-7-13-23-49)65-46(3)56-24-14-25-57(43-56)58-26-15-27-59(44-58)63-61(28-16-41-64-63)54-37-31-51(32-38-54)48-20-10-6-11-21-48/h4-10,12-20,22-23,25-31,33-37,39-42,44,56-57H,1-2,11,21,24,32,38,43H2,3H3/b60-17-,62-42-,65-46+. The number of hydrogen-bond acceptors (Lipinski definition) is 2. The Hall–Kier alpha value is -7.42. The molecule has 5 aromatic carbocycles. The number of aliphatic imine (C=N–C) groups is 1. The summed E-state index contributed by atoms with van der Waals surface area (Å²) in [4.78, 5) is 10.5. The molecule has 6 aromatic rings. The quantitative estimate of drug-likeness (QED) is 0.0646. The van der Waals surface area contributed by atoms with Gasteiger partial charge in [0.2, 0.25) is 0 Å². The fraction of sp³-hybridized carbons (Fsp3) is 0.143. The molecule has 3 aliphatic carbocycles. The van der Waals surface area contributed by atoms with Crippen LogP contribution in [0.15, 0.2) is 247 Å². The Labute approximate surface area is 386 Å². The second-order valence-electron chi connectivity index (χ2n) is 17.3. The van der Waals surface area contributed by atoms with Crippen LogP contribution in [0.1, 0.15) is 73.6 Å². The SMILES string of the molecule is C=C/C=C(/C(=C)/C=C(\N=C(/C)C1CC=CC(c2cccc(-c3ncccc3C3=CC=C(C4=CC=CCC4)CC3)c2)C1)c1ccc(-c2ccccc2)cc1)c1ccc(-c2ccccc2)cc1. The van der Waals surface area contributed by atoms with Gasteiger partial charge in [0, 0.05) is 40.4 Å². The summed E-state index contributed by atoms with van der Waals surface area (Å²) in [6.07, 6.45) is 30.4. The van der Waals surface area contributed by atoms with E-state index in [1.54, 1.807) is 0 Å². The zero-order valence-corrected chi connectivity index (χ0v) is 37.4. The molecule has 0 bridgehead atoms. The van der Waals surface area contributed by atoms with Crippen molar-refractivity contribution < 1.29 is 0 Å². The van der Waals surface area contributed by atoms with Gasteiger partial charge >= 0.3 is 0 Å². The molecular weight excluding hydrogens is 785 g/mol. The lowest BCUT2D eigenvalue weighted by Crippen LogP contribution is -2.17. The highest BCUT2D eigenvalue weighted by Gasteiger charge is 2.23. The molecule has 0 saturated carbocycles. The molecule has 1 aromatic heterocycles. The number of hydrogen-bond donors (Lipinski definition) is 0. The zero-order valence-electron chi connectivity index (χ0n) is 37.4. The van der Waals surface area contributed by atoms with Gasteiger partial charge in [0.1, 0.15) is 0 Å². The Kier molecular flexibility index (Phi) is 13.4. The highest BCUT2D eigenvalue weighted by atomic mass is 14.8. The van der Waals surface area contributed by atoms with Crippen molar-refractivity contribution in [2.24, 2.45) is 10.9 Å². The van der Waals surface area contributed by atoms with E-state index in [0.29, 0.717) is 0 Å². The van der Waals surface area contributed by atoms with E-state index in [9.17, 15) is 0 Å². The molecule has 3 aliphatic rings. The second kappa shape index (κ2) is 20.4. The predicted molar refractivity (Wildman–Crippen MR) is 278 cm³/mol. The molecular formula is C63H56N2. The fourth-order valence-corrected chi connectivity index (χ4v) is 9.43. The lowest BCUT2D eigenvalue weighted by Gasteiger charge is -2.26. The first-order chi connectivity index (χ1) is 32.0. The maximum Gasteiger partial charge on any atom is 0.0777 e. The largest absolute Gasteiger partial charge is 0.257 e. The van der Waals surface area contributed by atoms with Crippen LogP contribution in [0.5, 0.6) is 0 Å². The van der Waals surface area contributed by atoms with Gasteiger partial charge in [-0.1, -0.05) is 201 Å². The third-order valence-electron chi connectivity index (χ3n) is 13.1. The summed E-state index contributed by atoms with van der Waals surface area (Å²) in [5, 5.41) is 0. The highest BCUT2D eigenvalue weighted by Crippen LogP contribution is 2.39. The maximum atomic E-state index is 5.50. The lowest BCUT2D eigenvalue weighted by atomic mass is 9.80. The van der Waals surface area contributed by atoms with Crippen molar-refractivity contribution in [1.29, 1.82) is 0 Å². The Balaban J connectivity index is 0.990. The number of benzene rings is 5. The van der Waals surface area contributed by atoms with E-state index >= 15 is 0 Å². The van der Waals surface area contributed by atoms with E-state index in [1.165, 1.54) is 50.1 Å². The first-order valence-corrected chi connectivity index (χ1v) is 23.1. The maximum absolute atomic E-state index is 5.50. The van der Waals surface area contributed by atoms with Crippen molar-refractivity contribution >= 4 is 22.6 Å². The van der Waals surface area contributed by atoms with Gasteiger partial charge in [-0.3, -0.25) is 9.98 Å². The van der Waals surface area contributed by atoms with Crippen LogP contribution in [-0.4, -0.2) is 10.7 Å². The highest BCUT2D eigenvalue weighted by molar-refractivity contribution is 5.93. The van der Waals surface area contributed by atoms with Gasteiger partial charge < -0.3 is 0 Å². The number of nitrogens with zero attached hydrogens (tertiary/aromatic N) is 2. The molecule has 318 valence electrons. The Morgan fingerprint density at radius 3 is 1.95 bits per heavy atom. The average Bonchev–Trinajstić information content (AvgIpc) is 3.38. The van der Waals surface area contributed by atoms with Crippen molar-refractivity contribution in [2.75, 3.05) is 0 Å². The summed E-state index contributed by atoms with van der Waals surface area (Å²) in [6, 6.07) is 51.9. The summed E-state index contributed by atoms with van der Waals surface area (Å²) in [7, 11) is 0. The molecule has 2 unspecified atom stereocenters.